The average molecular weight is 341 g/mol. The quantitative estimate of drug-likeness (QED) is 0.853. The summed E-state index contributed by atoms with van der Waals surface area (Å²) in [5.41, 5.74) is 2.16. The summed E-state index contributed by atoms with van der Waals surface area (Å²) in [5.74, 6) is -0.332. The summed E-state index contributed by atoms with van der Waals surface area (Å²) in [4.78, 5) is 12.0. The highest BCUT2D eigenvalue weighted by molar-refractivity contribution is 9.10. The van der Waals surface area contributed by atoms with Gasteiger partial charge in [-0.25, -0.2) is 0 Å². The van der Waals surface area contributed by atoms with Gasteiger partial charge in [0.15, 0.2) is 0 Å². The highest BCUT2D eigenvalue weighted by Gasteiger charge is 2.10. The Labute approximate surface area is 124 Å². The van der Waals surface area contributed by atoms with Gasteiger partial charge in [0.1, 0.15) is 5.75 Å². The van der Waals surface area contributed by atoms with E-state index in [1.807, 2.05) is 25.1 Å². The Kier molecular flexibility index (Phi) is 4.12. The van der Waals surface area contributed by atoms with Gasteiger partial charge in [0.2, 0.25) is 0 Å². The number of aromatic hydroxyl groups is 1. The van der Waals surface area contributed by atoms with Crippen molar-refractivity contribution in [1.82, 2.24) is 0 Å². The largest absolute Gasteiger partial charge is 0.506 e. The number of hydrogen-bond acceptors (Lipinski definition) is 2. The van der Waals surface area contributed by atoms with Crippen molar-refractivity contribution in [3.8, 4) is 5.75 Å². The third-order valence-corrected chi connectivity index (χ3v) is 3.54. The van der Waals surface area contributed by atoms with Gasteiger partial charge in [-0.15, -0.1) is 0 Å². The van der Waals surface area contributed by atoms with Crippen LogP contribution in [0.3, 0.4) is 0 Å². The number of phenols is 1. The standard InChI is InChI=1S/C14H11BrClNO2/c1-8-2-4-12(10(15)6-8)17-14(19)9-3-5-13(18)11(16)7-9/h2-7,18H,1H3,(H,17,19). The predicted octanol–water partition coefficient (Wildman–Crippen LogP) is 4.37. The second kappa shape index (κ2) is 5.63. The maximum absolute atomic E-state index is 12.0. The predicted molar refractivity (Wildman–Crippen MR) is 79.9 cm³/mol. The molecule has 0 saturated carbocycles. The van der Waals surface area contributed by atoms with Crippen LogP contribution in [0.15, 0.2) is 40.9 Å². The number of rotatable bonds is 2. The summed E-state index contributed by atoms with van der Waals surface area (Å²) in [6, 6.07) is 9.97. The normalized spacial score (nSPS) is 10.3. The number of amides is 1. The van der Waals surface area contributed by atoms with E-state index >= 15 is 0 Å². The number of benzene rings is 2. The topological polar surface area (TPSA) is 49.3 Å². The molecule has 0 aliphatic rings. The SMILES string of the molecule is Cc1ccc(NC(=O)c2ccc(O)c(Cl)c2)c(Br)c1. The van der Waals surface area contributed by atoms with Crippen molar-refractivity contribution < 1.29 is 9.90 Å². The molecule has 0 aliphatic carbocycles. The molecule has 2 aromatic rings. The number of carbonyl (C=O) groups excluding carboxylic acids is 1. The summed E-state index contributed by atoms with van der Waals surface area (Å²) in [7, 11) is 0. The lowest BCUT2D eigenvalue weighted by atomic mass is 10.2. The molecule has 0 aromatic heterocycles. The van der Waals surface area contributed by atoms with E-state index in [4.69, 9.17) is 11.6 Å². The molecule has 19 heavy (non-hydrogen) atoms. The Bertz CT molecular complexity index is 643. The Balaban J connectivity index is 2.23. The Morgan fingerprint density at radius 1 is 1.26 bits per heavy atom. The lowest BCUT2D eigenvalue weighted by Crippen LogP contribution is -2.12. The maximum atomic E-state index is 12.0. The highest BCUT2D eigenvalue weighted by Crippen LogP contribution is 2.26. The molecular formula is C14H11BrClNO2. The van der Waals surface area contributed by atoms with Gasteiger partial charge in [0.05, 0.1) is 10.7 Å². The van der Waals surface area contributed by atoms with Crippen LogP contribution < -0.4 is 5.32 Å². The first-order valence-corrected chi connectivity index (χ1v) is 6.70. The fourth-order valence-electron chi connectivity index (χ4n) is 1.56. The van der Waals surface area contributed by atoms with Crippen molar-refractivity contribution in [1.29, 1.82) is 0 Å². The molecule has 2 aromatic carbocycles. The minimum absolute atomic E-state index is 0.0465. The van der Waals surface area contributed by atoms with Gasteiger partial charge < -0.3 is 10.4 Å². The van der Waals surface area contributed by atoms with E-state index in [-0.39, 0.29) is 16.7 Å². The fraction of sp³-hybridized carbons (Fsp3) is 0.0714. The van der Waals surface area contributed by atoms with Gasteiger partial charge in [-0.1, -0.05) is 17.7 Å². The molecule has 1 amide bonds. The molecule has 2 N–H and O–H groups in total. The van der Waals surface area contributed by atoms with Crippen molar-refractivity contribution >= 4 is 39.1 Å². The molecule has 0 radical (unpaired) electrons. The van der Waals surface area contributed by atoms with E-state index in [0.717, 1.165) is 10.0 Å². The summed E-state index contributed by atoms with van der Waals surface area (Å²) in [6.45, 7) is 1.97. The third-order valence-electron chi connectivity index (χ3n) is 2.58. The molecule has 2 rings (SSSR count). The number of nitrogens with one attached hydrogen (secondary N) is 1. The zero-order valence-corrected chi connectivity index (χ0v) is 12.4. The van der Waals surface area contributed by atoms with Crippen LogP contribution >= 0.6 is 27.5 Å². The molecule has 0 fully saturated rings. The van der Waals surface area contributed by atoms with Gasteiger partial charge in [-0.05, 0) is 58.7 Å². The number of hydrogen-bond donors (Lipinski definition) is 2. The van der Waals surface area contributed by atoms with Gasteiger partial charge >= 0.3 is 0 Å². The van der Waals surface area contributed by atoms with Gasteiger partial charge in [-0.2, -0.15) is 0 Å². The Morgan fingerprint density at radius 2 is 2.00 bits per heavy atom. The van der Waals surface area contributed by atoms with Gasteiger partial charge in [-0.3, -0.25) is 4.79 Å². The lowest BCUT2D eigenvalue weighted by molar-refractivity contribution is 0.102. The van der Waals surface area contributed by atoms with Gasteiger partial charge in [0, 0.05) is 10.0 Å². The molecular weight excluding hydrogens is 330 g/mol. The first kappa shape index (κ1) is 13.9. The van der Waals surface area contributed by atoms with Gasteiger partial charge in [0.25, 0.3) is 5.91 Å². The van der Waals surface area contributed by atoms with E-state index < -0.39 is 0 Å². The molecule has 3 nitrogen and oxygen atoms in total. The summed E-state index contributed by atoms with van der Waals surface area (Å²) >= 11 is 9.17. The third kappa shape index (κ3) is 3.28. The summed E-state index contributed by atoms with van der Waals surface area (Å²) in [5, 5.41) is 12.2. The minimum Gasteiger partial charge on any atom is -0.506 e. The smallest absolute Gasteiger partial charge is 0.255 e. The molecule has 0 saturated heterocycles. The molecule has 98 valence electrons. The Hall–Kier alpha value is -1.52. The molecule has 0 atom stereocenters. The van der Waals surface area contributed by atoms with Crippen LogP contribution in [0.25, 0.3) is 0 Å². The van der Waals surface area contributed by atoms with E-state index in [0.29, 0.717) is 11.3 Å². The van der Waals surface area contributed by atoms with Crippen LogP contribution in [0.4, 0.5) is 5.69 Å². The van der Waals surface area contributed by atoms with Crippen LogP contribution in [0.1, 0.15) is 15.9 Å². The van der Waals surface area contributed by atoms with E-state index in [1.54, 1.807) is 0 Å². The first-order valence-electron chi connectivity index (χ1n) is 5.53. The molecule has 0 spiro atoms. The van der Waals surface area contributed by atoms with Crippen molar-refractivity contribution in [2.45, 2.75) is 6.92 Å². The Morgan fingerprint density at radius 3 is 2.63 bits per heavy atom. The number of anilines is 1. The van der Waals surface area contributed by atoms with Crippen molar-refractivity contribution in [2.75, 3.05) is 5.32 Å². The number of carbonyl (C=O) groups is 1. The molecule has 5 heteroatoms. The average Bonchev–Trinajstić information content (AvgIpc) is 2.36. The number of aryl methyl sites for hydroxylation is 1. The van der Waals surface area contributed by atoms with Crippen molar-refractivity contribution in [2.24, 2.45) is 0 Å². The van der Waals surface area contributed by atoms with Crippen molar-refractivity contribution in [3.63, 3.8) is 0 Å². The minimum atomic E-state index is -0.286. The second-order valence-corrected chi connectivity index (χ2v) is 5.37. The van der Waals surface area contributed by atoms with Crippen LogP contribution in [0.2, 0.25) is 5.02 Å². The van der Waals surface area contributed by atoms with E-state index in [1.165, 1.54) is 18.2 Å². The first-order chi connectivity index (χ1) is 8.97. The van der Waals surface area contributed by atoms with E-state index in [9.17, 15) is 9.90 Å². The zero-order valence-electron chi connectivity index (χ0n) is 10.1. The number of phenolic OH excluding ortho intramolecular Hbond substituents is 1. The fourth-order valence-corrected chi connectivity index (χ4v) is 2.34. The van der Waals surface area contributed by atoms with Crippen LogP contribution in [0, 0.1) is 6.92 Å². The van der Waals surface area contributed by atoms with Crippen molar-refractivity contribution in [3.05, 3.63) is 57.0 Å². The lowest BCUT2D eigenvalue weighted by Gasteiger charge is -2.08. The van der Waals surface area contributed by atoms with Crippen LogP contribution in [-0.4, -0.2) is 11.0 Å². The van der Waals surface area contributed by atoms with Crippen LogP contribution in [0.5, 0.6) is 5.75 Å². The van der Waals surface area contributed by atoms with Crippen LogP contribution in [-0.2, 0) is 0 Å². The van der Waals surface area contributed by atoms with E-state index in [2.05, 4.69) is 21.2 Å². The molecule has 0 bridgehead atoms. The highest BCUT2D eigenvalue weighted by atomic mass is 79.9. The second-order valence-electron chi connectivity index (χ2n) is 4.10. The maximum Gasteiger partial charge on any atom is 0.255 e. The summed E-state index contributed by atoms with van der Waals surface area (Å²) in [6.07, 6.45) is 0. The monoisotopic (exact) mass is 339 g/mol. The number of halogens is 2. The molecule has 0 aliphatic heterocycles. The summed E-state index contributed by atoms with van der Waals surface area (Å²) < 4.78 is 0.811. The molecule has 0 unspecified atom stereocenters. The molecule has 0 heterocycles. The zero-order chi connectivity index (χ0) is 14.0.